The van der Waals surface area contributed by atoms with E-state index in [9.17, 15) is 9.18 Å². The van der Waals surface area contributed by atoms with E-state index in [1.54, 1.807) is 18.2 Å². The normalized spacial score (nSPS) is 10.3. The summed E-state index contributed by atoms with van der Waals surface area (Å²) in [7, 11) is 0. The zero-order chi connectivity index (χ0) is 12.8. The van der Waals surface area contributed by atoms with Gasteiger partial charge in [0.05, 0.1) is 5.56 Å². The Hall–Kier alpha value is -1.96. The first-order valence-electron chi connectivity index (χ1n) is 6.09. The van der Waals surface area contributed by atoms with Gasteiger partial charge in [-0.05, 0) is 30.5 Å². The van der Waals surface area contributed by atoms with E-state index >= 15 is 0 Å². The first kappa shape index (κ1) is 12.5. The Labute approximate surface area is 106 Å². The standard InChI is InChI=1S/C16H15FO/c17-15-11-5-4-10-14(15)16(18)12-6-9-13-7-2-1-3-8-13/h1-5,7-8,10-11H,6,9,12H2. The molecule has 2 rings (SSSR count). The smallest absolute Gasteiger partial charge is 0.165 e. The maximum atomic E-state index is 13.4. The van der Waals surface area contributed by atoms with Gasteiger partial charge in [-0.2, -0.15) is 0 Å². The summed E-state index contributed by atoms with van der Waals surface area (Å²) in [5.74, 6) is -0.550. The molecule has 0 heterocycles. The molecule has 0 saturated heterocycles. The lowest BCUT2D eigenvalue weighted by Gasteiger charge is -2.03. The molecule has 0 unspecified atom stereocenters. The number of Topliss-reactive ketones (excluding diaryl/α,β-unsaturated/α-hetero) is 1. The van der Waals surface area contributed by atoms with E-state index in [4.69, 9.17) is 0 Å². The van der Waals surface area contributed by atoms with Crippen LogP contribution in [0, 0.1) is 5.82 Å². The molecule has 0 amide bonds. The molecule has 0 aliphatic heterocycles. The van der Waals surface area contributed by atoms with E-state index < -0.39 is 5.82 Å². The molecule has 0 atom stereocenters. The van der Waals surface area contributed by atoms with Gasteiger partial charge in [0.15, 0.2) is 5.78 Å². The predicted octanol–water partition coefficient (Wildman–Crippen LogP) is 4.03. The summed E-state index contributed by atoms with van der Waals surface area (Å²) in [6, 6.07) is 16.1. The highest BCUT2D eigenvalue weighted by atomic mass is 19.1. The SMILES string of the molecule is O=C(CCCc1ccccc1)c1ccccc1F. The Morgan fingerprint density at radius 2 is 1.61 bits per heavy atom. The van der Waals surface area contributed by atoms with Gasteiger partial charge >= 0.3 is 0 Å². The van der Waals surface area contributed by atoms with Crippen LogP contribution >= 0.6 is 0 Å². The van der Waals surface area contributed by atoms with Gasteiger partial charge in [0.25, 0.3) is 0 Å². The molecule has 18 heavy (non-hydrogen) atoms. The van der Waals surface area contributed by atoms with Crippen molar-refractivity contribution in [2.45, 2.75) is 19.3 Å². The van der Waals surface area contributed by atoms with Crippen molar-refractivity contribution in [1.29, 1.82) is 0 Å². The molecule has 0 spiro atoms. The van der Waals surface area contributed by atoms with E-state index in [1.165, 1.54) is 11.6 Å². The van der Waals surface area contributed by atoms with Crippen LogP contribution in [0.5, 0.6) is 0 Å². The Balaban J connectivity index is 1.88. The molecular formula is C16H15FO. The van der Waals surface area contributed by atoms with Crippen molar-refractivity contribution in [2.75, 3.05) is 0 Å². The molecule has 0 aliphatic rings. The largest absolute Gasteiger partial charge is 0.294 e. The monoisotopic (exact) mass is 242 g/mol. The second kappa shape index (κ2) is 6.10. The molecule has 2 heteroatoms. The van der Waals surface area contributed by atoms with Gasteiger partial charge in [0.1, 0.15) is 5.82 Å². The van der Waals surface area contributed by atoms with Crippen LogP contribution in [0.15, 0.2) is 54.6 Å². The number of carbonyl (C=O) groups is 1. The second-order valence-electron chi connectivity index (χ2n) is 4.24. The number of ketones is 1. The zero-order valence-electron chi connectivity index (χ0n) is 10.1. The van der Waals surface area contributed by atoms with Gasteiger partial charge in [-0.1, -0.05) is 42.5 Å². The quantitative estimate of drug-likeness (QED) is 0.723. The minimum atomic E-state index is -0.429. The summed E-state index contributed by atoms with van der Waals surface area (Å²) in [4.78, 5) is 11.8. The van der Waals surface area contributed by atoms with Crippen LogP contribution in [0.2, 0.25) is 0 Å². The summed E-state index contributed by atoms with van der Waals surface area (Å²) < 4.78 is 13.4. The molecule has 0 aromatic heterocycles. The van der Waals surface area contributed by atoms with E-state index in [0.717, 1.165) is 12.8 Å². The fraction of sp³-hybridized carbons (Fsp3) is 0.188. The molecule has 92 valence electrons. The first-order chi connectivity index (χ1) is 8.77. The van der Waals surface area contributed by atoms with E-state index in [-0.39, 0.29) is 11.3 Å². The van der Waals surface area contributed by atoms with Crippen LogP contribution in [-0.2, 0) is 6.42 Å². The van der Waals surface area contributed by atoms with Crippen LogP contribution in [0.4, 0.5) is 4.39 Å². The van der Waals surface area contributed by atoms with Gasteiger partial charge in [-0.3, -0.25) is 4.79 Å². The van der Waals surface area contributed by atoms with Crippen molar-refractivity contribution in [1.82, 2.24) is 0 Å². The number of rotatable bonds is 5. The van der Waals surface area contributed by atoms with Crippen LogP contribution in [0.1, 0.15) is 28.8 Å². The van der Waals surface area contributed by atoms with Gasteiger partial charge in [-0.25, -0.2) is 4.39 Å². The van der Waals surface area contributed by atoms with Crippen LogP contribution in [-0.4, -0.2) is 5.78 Å². The Morgan fingerprint density at radius 3 is 2.33 bits per heavy atom. The maximum absolute atomic E-state index is 13.4. The van der Waals surface area contributed by atoms with Gasteiger partial charge < -0.3 is 0 Å². The van der Waals surface area contributed by atoms with Gasteiger partial charge in [0, 0.05) is 6.42 Å². The van der Waals surface area contributed by atoms with Crippen molar-refractivity contribution in [3.8, 4) is 0 Å². The molecule has 1 nitrogen and oxygen atoms in total. The average Bonchev–Trinajstić information content (AvgIpc) is 2.40. The number of benzene rings is 2. The molecule has 2 aromatic rings. The molecule has 0 fully saturated rings. The zero-order valence-corrected chi connectivity index (χ0v) is 10.1. The lowest BCUT2D eigenvalue weighted by Crippen LogP contribution is -2.02. The lowest BCUT2D eigenvalue weighted by molar-refractivity contribution is 0.0976. The number of hydrogen-bond acceptors (Lipinski definition) is 1. The minimum absolute atomic E-state index is 0.121. The van der Waals surface area contributed by atoms with Crippen LogP contribution in [0.3, 0.4) is 0 Å². The molecular weight excluding hydrogens is 227 g/mol. The van der Waals surface area contributed by atoms with Gasteiger partial charge in [0.2, 0.25) is 0 Å². The number of hydrogen-bond donors (Lipinski definition) is 0. The molecule has 0 bridgehead atoms. The van der Waals surface area contributed by atoms with E-state index in [0.29, 0.717) is 6.42 Å². The van der Waals surface area contributed by atoms with Crippen molar-refractivity contribution in [3.05, 3.63) is 71.5 Å². The highest BCUT2D eigenvalue weighted by molar-refractivity contribution is 5.96. The van der Waals surface area contributed by atoms with E-state index in [1.807, 2.05) is 30.3 Å². The van der Waals surface area contributed by atoms with Crippen LogP contribution in [0.25, 0.3) is 0 Å². The van der Waals surface area contributed by atoms with Crippen molar-refractivity contribution in [2.24, 2.45) is 0 Å². The Morgan fingerprint density at radius 1 is 0.944 bits per heavy atom. The average molecular weight is 242 g/mol. The Kier molecular flexibility index (Phi) is 4.24. The topological polar surface area (TPSA) is 17.1 Å². The summed E-state index contributed by atoms with van der Waals surface area (Å²) in [6.45, 7) is 0. The second-order valence-corrected chi connectivity index (χ2v) is 4.24. The summed E-state index contributed by atoms with van der Waals surface area (Å²) in [5.41, 5.74) is 1.41. The molecule has 0 N–H and O–H groups in total. The minimum Gasteiger partial charge on any atom is -0.294 e. The third-order valence-corrected chi connectivity index (χ3v) is 2.89. The molecule has 0 aliphatic carbocycles. The fourth-order valence-electron chi connectivity index (χ4n) is 1.92. The third kappa shape index (κ3) is 3.27. The third-order valence-electron chi connectivity index (χ3n) is 2.89. The highest BCUT2D eigenvalue weighted by Crippen LogP contribution is 2.12. The molecule has 2 aromatic carbocycles. The first-order valence-corrected chi connectivity index (χ1v) is 6.09. The lowest BCUT2D eigenvalue weighted by atomic mass is 10.0. The summed E-state index contributed by atoms with van der Waals surface area (Å²) >= 11 is 0. The van der Waals surface area contributed by atoms with Crippen LogP contribution < -0.4 is 0 Å². The summed E-state index contributed by atoms with van der Waals surface area (Å²) in [5, 5.41) is 0. The van der Waals surface area contributed by atoms with E-state index in [2.05, 4.69) is 0 Å². The molecule has 0 saturated carbocycles. The van der Waals surface area contributed by atoms with Crippen molar-refractivity contribution >= 4 is 5.78 Å². The summed E-state index contributed by atoms with van der Waals surface area (Å²) in [6.07, 6.45) is 1.98. The Bertz CT molecular complexity index is 520. The number of carbonyl (C=O) groups excluding carboxylic acids is 1. The maximum Gasteiger partial charge on any atom is 0.165 e. The van der Waals surface area contributed by atoms with Gasteiger partial charge in [-0.15, -0.1) is 0 Å². The number of halogens is 1. The predicted molar refractivity (Wildman–Crippen MR) is 70.1 cm³/mol. The fourth-order valence-corrected chi connectivity index (χ4v) is 1.92. The number of aryl methyl sites for hydroxylation is 1. The van der Waals surface area contributed by atoms with Crippen molar-refractivity contribution < 1.29 is 9.18 Å². The highest BCUT2D eigenvalue weighted by Gasteiger charge is 2.10. The van der Waals surface area contributed by atoms with Crippen molar-refractivity contribution in [3.63, 3.8) is 0 Å². The molecule has 0 radical (unpaired) electrons.